The average molecular weight is 396 g/mol. The molecule has 0 unspecified atom stereocenters. The lowest BCUT2D eigenvalue weighted by Crippen LogP contribution is -2.53. The Morgan fingerprint density at radius 2 is 2.00 bits per heavy atom. The summed E-state index contributed by atoms with van der Waals surface area (Å²) in [6, 6.07) is 6.74. The molecule has 3 heterocycles. The number of carbonyl (C=O) groups excluding carboxylic acids is 3. The summed E-state index contributed by atoms with van der Waals surface area (Å²) >= 11 is 0. The molecule has 0 aliphatic carbocycles. The number of nitrogens with one attached hydrogen (secondary N) is 2. The third-order valence-electron chi connectivity index (χ3n) is 6.23. The third-order valence-corrected chi connectivity index (χ3v) is 6.23. The summed E-state index contributed by atoms with van der Waals surface area (Å²) in [5.74, 6) is -0.795. The number of para-hydroxylation sites is 1. The number of imide groups is 1. The van der Waals surface area contributed by atoms with Gasteiger partial charge in [0.25, 0.3) is 5.91 Å². The van der Waals surface area contributed by atoms with Gasteiger partial charge in [-0.15, -0.1) is 0 Å². The molecule has 29 heavy (non-hydrogen) atoms. The van der Waals surface area contributed by atoms with Crippen LogP contribution in [0.2, 0.25) is 0 Å². The summed E-state index contributed by atoms with van der Waals surface area (Å²) in [5, 5.41) is 3.94. The normalized spacial score (nSPS) is 22.2. The summed E-state index contributed by atoms with van der Waals surface area (Å²) < 4.78 is 0. The van der Waals surface area contributed by atoms with E-state index in [4.69, 9.17) is 0 Å². The lowest BCUT2D eigenvalue weighted by atomic mass is 9.86. The van der Waals surface area contributed by atoms with Gasteiger partial charge in [-0.3, -0.25) is 9.59 Å². The van der Waals surface area contributed by atoms with Gasteiger partial charge in [0, 0.05) is 24.0 Å². The lowest BCUT2D eigenvalue weighted by molar-refractivity contribution is -0.140. The maximum atomic E-state index is 13.7. The molecule has 2 atom stereocenters. The number of hydrogen-bond donors (Lipinski definition) is 2. The van der Waals surface area contributed by atoms with Crippen LogP contribution in [0.4, 0.5) is 4.79 Å². The number of fused-ring (bicyclic) bond motifs is 5. The van der Waals surface area contributed by atoms with Gasteiger partial charge in [0.15, 0.2) is 5.54 Å². The second kappa shape index (κ2) is 6.90. The highest BCUT2D eigenvalue weighted by Gasteiger charge is 2.61. The van der Waals surface area contributed by atoms with E-state index in [9.17, 15) is 14.4 Å². The Morgan fingerprint density at radius 3 is 2.69 bits per heavy atom. The monoisotopic (exact) mass is 396 g/mol. The van der Waals surface area contributed by atoms with E-state index >= 15 is 0 Å². The van der Waals surface area contributed by atoms with Gasteiger partial charge in [0.05, 0.1) is 5.69 Å². The Kier molecular flexibility index (Phi) is 4.63. The van der Waals surface area contributed by atoms with Crippen LogP contribution in [0.5, 0.6) is 0 Å². The second-order valence-electron chi connectivity index (χ2n) is 8.44. The molecular formula is C22H28N4O3. The third kappa shape index (κ3) is 2.67. The van der Waals surface area contributed by atoms with Crippen molar-refractivity contribution >= 4 is 28.7 Å². The van der Waals surface area contributed by atoms with Gasteiger partial charge in [0.2, 0.25) is 5.91 Å². The topological polar surface area (TPSA) is 85.5 Å². The molecule has 2 aromatic rings. The molecule has 2 aliphatic rings. The molecule has 0 spiro atoms. The predicted molar refractivity (Wildman–Crippen MR) is 110 cm³/mol. The number of hydrogen-bond acceptors (Lipinski definition) is 3. The quantitative estimate of drug-likeness (QED) is 0.762. The number of amides is 4. The van der Waals surface area contributed by atoms with Crippen molar-refractivity contribution in [2.45, 2.75) is 52.1 Å². The van der Waals surface area contributed by atoms with Crippen LogP contribution in [0.3, 0.4) is 0 Å². The van der Waals surface area contributed by atoms with Crippen LogP contribution in [0.1, 0.15) is 45.4 Å². The standard InChI is InChI=1S/C22H28N4O3/c1-5-11-23-19(27)17(13(2)3)26-20(28)22(4)18-15(10-12-25(22)21(26)29)14-8-6-7-9-16(14)24-18/h6-9,13,17,24H,5,10-12H2,1-4H3,(H,23,27)/t17-,22+/m0/s1. The molecule has 2 aliphatic heterocycles. The summed E-state index contributed by atoms with van der Waals surface area (Å²) in [6.45, 7) is 8.46. The average Bonchev–Trinajstić information content (AvgIpc) is 3.16. The number of H-pyrrole nitrogens is 1. The van der Waals surface area contributed by atoms with Crippen LogP contribution in [-0.4, -0.2) is 51.8 Å². The van der Waals surface area contributed by atoms with Crippen molar-refractivity contribution < 1.29 is 14.4 Å². The first-order chi connectivity index (χ1) is 13.8. The highest BCUT2D eigenvalue weighted by atomic mass is 16.2. The highest BCUT2D eigenvalue weighted by Crippen LogP contribution is 2.45. The number of carbonyl (C=O) groups is 3. The fourth-order valence-corrected chi connectivity index (χ4v) is 4.73. The van der Waals surface area contributed by atoms with Crippen molar-refractivity contribution in [3.05, 3.63) is 35.5 Å². The largest absolute Gasteiger partial charge is 0.356 e. The van der Waals surface area contributed by atoms with E-state index in [1.165, 1.54) is 4.90 Å². The zero-order valence-electron chi connectivity index (χ0n) is 17.4. The lowest BCUT2D eigenvalue weighted by Gasteiger charge is -2.36. The number of urea groups is 1. The summed E-state index contributed by atoms with van der Waals surface area (Å²) in [4.78, 5) is 46.1. The van der Waals surface area contributed by atoms with Gasteiger partial charge in [-0.25, -0.2) is 9.69 Å². The van der Waals surface area contributed by atoms with Gasteiger partial charge < -0.3 is 15.2 Å². The SMILES string of the molecule is CCCNC(=O)[C@H](C(C)C)N1C(=O)N2CCc3c([nH]c4ccccc34)[C@]2(C)C1=O. The Morgan fingerprint density at radius 1 is 1.28 bits per heavy atom. The van der Waals surface area contributed by atoms with Crippen molar-refractivity contribution in [2.75, 3.05) is 13.1 Å². The predicted octanol–water partition coefficient (Wildman–Crippen LogP) is 2.75. The second-order valence-corrected chi connectivity index (χ2v) is 8.44. The molecule has 1 saturated heterocycles. The van der Waals surface area contributed by atoms with Gasteiger partial charge in [-0.05, 0) is 37.3 Å². The molecule has 4 amide bonds. The van der Waals surface area contributed by atoms with Crippen LogP contribution in [0.25, 0.3) is 10.9 Å². The number of nitrogens with zero attached hydrogens (tertiary/aromatic N) is 2. The molecule has 2 N–H and O–H groups in total. The Labute approximate surface area is 170 Å². The van der Waals surface area contributed by atoms with Gasteiger partial charge >= 0.3 is 6.03 Å². The maximum absolute atomic E-state index is 13.7. The summed E-state index contributed by atoms with van der Waals surface area (Å²) in [7, 11) is 0. The Bertz CT molecular complexity index is 995. The summed E-state index contributed by atoms with van der Waals surface area (Å²) in [6.07, 6.45) is 1.47. The number of benzene rings is 1. The molecule has 154 valence electrons. The van der Waals surface area contributed by atoms with Crippen molar-refractivity contribution in [3.63, 3.8) is 0 Å². The molecule has 7 heteroatoms. The first kappa shape index (κ1) is 19.5. The van der Waals surface area contributed by atoms with Crippen LogP contribution >= 0.6 is 0 Å². The van der Waals surface area contributed by atoms with Gasteiger partial charge in [-0.1, -0.05) is 39.0 Å². The van der Waals surface area contributed by atoms with Crippen LogP contribution in [0.15, 0.2) is 24.3 Å². The number of aromatic nitrogens is 1. The molecule has 0 bridgehead atoms. The van der Waals surface area contributed by atoms with Gasteiger partial charge in [0.1, 0.15) is 6.04 Å². The molecule has 4 rings (SSSR count). The Balaban J connectivity index is 1.79. The van der Waals surface area contributed by atoms with Crippen LogP contribution < -0.4 is 5.32 Å². The Hall–Kier alpha value is -2.83. The number of rotatable bonds is 5. The summed E-state index contributed by atoms with van der Waals surface area (Å²) in [5.41, 5.74) is 1.68. The molecule has 1 aromatic heterocycles. The fourth-order valence-electron chi connectivity index (χ4n) is 4.73. The van der Waals surface area contributed by atoms with E-state index in [-0.39, 0.29) is 23.8 Å². The first-order valence-electron chi connectivity index (χ1n) is 10.3. The zero-order chi connectivity index (χ0) is 20.9. The van der Waals surface area contributed by atoms with Crippen molar-refractivity contribution in [1.82, 2.24) is 20.1 Å². The van der Waals surface area contributed by atoms with Crippen LogP contribution in [0, 0.1) is 5.92 Å². The molecule has 0 saturated carbocycles. The fraction of sp³-hybridized carbons (Fsp3) is 0.500. The first-order valence-corrected chi connectivity index (χ1v) is 10.3. The van der Waals surface area contributed by atoms with E-state index in [0.29, 0.717) is 19.5 Å². The minimum atomic E-state index is -1.12. The molecule has 1 aromatic carbocycles. The van der Waals surface area contributed by atoms with Crippen LogP contribution in [-0.2, 0) is 21.5 Å². The molecule has 1 fully saturated rings. The van der Waals surface area contributed by atoms with E-state index in [1.54, 1.807) is 11.8 Å². The molecule has 0 radical (unpaired) electrons. The smallest absolute Gasteiger partial charge is 0.328 e. The van der Waals surface area contributed by atoms with Gasteiger partial charge in [-0.2, -0.15) is 0 Å². The van der Waals surface area contributed by atoms with Crippen molar-refractivity contribution in [2.24, 2.45) is 5.92 Å². The van der Waals surface area contributed by atoms with E-state index in [2.05, 4.69) is 10.3 Å². The highest BCUT2D eigenvalue weighted by molar-refractivity contribution is 6.11. The van der Waals surface area contributed by atoms with Crippen molar-refractivity contribution in [3.8, 4) is 0 Å². The van der Waals surface area contributed by atoms with E-state index < -0.39 is 11.6 Å². The van der Waals surface area contributed by atoms with E-state index in [1.807, 2.05) is 45.0 Å². The van der Waals surface area contributed by atoms with Crippen molar-refractivity contribution in [1.29, 1.82) is 0 Å². The number of aromatic amines is 1. The molecular weight excluding hydrogens is 368 g/mol. The zero-order valence-corrected chi connectivity index (χ0v) is 17.4. The minimum absolute atomic E-state index is 0.188. The van der Waals surface area contributed by atoms with E-state index in [0.717, 1.165) is 28.6 Å². The molecule has 7 nitrogen and oxygen atoms in total. The maximum Gasteiger partial charge on any atom is 0.328 e. The minimum Gasteiger partial charge on any atom is -0.356 e.